The van der Waals surface area contributed by atoms with Crippen LogP contribution in [-0.2, 0) is 10.5 Å². The topological polar surface area (TPSA) is 102 Å². The summed E-state index contributed by atoms with van der Waals surface area (Å²) in [6.07, 6.45) is 0. The van der Waals surface area contributed by atoms with Crippen molar-refractivity contribution in [1.82, 2.24) is 10.1 Å². The maximum absolute atomic E-state index is 10.5. The van der Waals surface area contributed by atoms with Crippen molar-refractivity contribution in [1.29, 1.82) is 0 Å². The van der Waals surface area contributed by atoms with Crippen molar-refractivity contribution in [3.05, 3.63) is 22.7 Å². The van der Waals surface area contributed by atoms with E-state index < -0.39 is 12.0 Å². The van der Waals surface area contributed by atoms with E-state index in [0.29, 0.717) is 23.2 Å². The van der Waals surface area contributed by atoms with Crippen LogP contribution in [0.15, 0.2) is 21.3 Å². The first kappa shape index (κ1) is 13.1. The molecule has 3 N–H and O–H groups in total. The number of aliphatic carboxylic acids is 1. The maximum atomic E-state index is 10.5. The number of nitrogens with zero attached hydrogens (tertiary/aromatic N) is 2. The Morgan fingerprint density at radius 2 is 2.50 bits per heavy atom. The first-order valence-electron chi connectivity index (χ1n) is 5.08. The highest BCUT2D eigenvalue weighted by atomic mass is 32.2. The highest BCUT2D eigenvalue weighted by Crippen LogP contribution is 2.21. The van der Waals surface area contributed by atoms with Gasteiger partial charge in [0.2, 0.25) is 0 Å². The van der Waals surface area contributed by atoms with Crippen LogP contribution in [0.2, 0.25) is 0 Å². The molecule has 96 valence electrons. The van der Waals surface area contributed by atoms with Crippen molar-refractivity contribution in [2.75, 3.05) is 5.75 Å². The third-order valence-corrected chi connectivity index (χ3v) is 3.82. The predicted octanol–water partition coefficient (Wildman–Crippen LogP) is 1.44. The second kappa shape index (κ2) is 5.98. The average Bonchev–Trinajstić information content (AvgIpc) is 2.98. The third-order valence-electron chi connectivity index (χ3n) is 2.08. The molecule has 0 spiro atoms. The molecule has 0 saturated carbocycles. The fraction of sp³-hybridized carbons (Fsp3) is 0.300. The Morgan fingerprint density at radius 1 is 1.67 bits per heavy atom. The summed E-state index contributed by atoms with van der Waals surface area (Å²) in [5.41, 5.74) is 6.27. The molecule has 0 aliphatic heterocycles. The molecule has 0 aliphatic carbocycles. The maximum Gasteiger partial charge on any atom is 0.321 e. The predicted molar refractivity (Wildman–Crippen MR) is 69.4 cm³/mol. The Bertz CT molecular complexity index is 512. The molecule has 6 nitrogen and oxygen atoms in total. The number of carbonyl (C=O) groups is 1. The van der Waals surface area contributed by atoms with Crippen molar-refractivity contribution in [3.8, 4) is 11.5 Å². The first-order chi connectivity index (χ1) is 8.66. The number of nitrogens with two attached hydrogens (primary N) is 1. The van der Waals surface area contributed by atoms with Gasteiger partial charge in [0.05, 0.1) is 11.3 Å². The first-order valence-corrected chi connectivity index (χ1v) is 7.18. The van der Waals surface area contributed by atoms with E-state index in [1.165, 1.54) is 11.8 Å². The summed E-state index contributed by atoms with van der Waals surface area (Å²) in [6.45, 7) is 0. The van der Waals surface area contributed by atoms with Crippen molar-refractivity contribution in [3.63, 3.8) is 0 Å². The Kier molecular flexibility index (Phi) is 4.34. The highest BCUT2D eigenvalue weighted by Gasteiger charge is 2.13. The minimum Gasteiger partial charge on any atom is -0.480 e. The van der Waals surface area contributed by atoms with Gasteiger partial charge in [-0.05, 0) is 11.4 Å². The van der Waals surface area contributed by atoms with Gasteiger partial charge in [0, 0.05) is 11.1 Å². The van der Waals surface area contributed by atoms with E-state index in [2.05, 4.69) is 10.1 Å². The minimum atomic E-state index is -1.01. The summed E-state index contributed by atoms with van der Waals surface area (Å²) >= 11 is 2.92. The molecule has 0 aliphatic rings. The molecule has 1 atom stereocenters. The zero-order chi connectivity index (χ0) is 13.0. The number of carboxylic acid groups (broad SMARTS) is 1. The quantitative estimate of drug-likeness (QED) is 0.827. The molecule has 0 radical (unpaired) electrons. The van der Waals surface area contributed by atoms with Crippen LogP contribution in [0.1, 0.15) is 5.82 Å². The third kappa shape index (κ3) is 3.31. The van der Waals surface area contributed by atoms with Crippen LogP contribution in [0.3, 0.4) is 0 Å². The molecule has 1 unspecified atom stereocenters. The Balaban J connectivity index is 1.86. The average molecular weight is 285 g/mol. The number of thiophene rings is 1. The summed E-state index contributed by atoms with van der Waals surface area (Å²) in [7, 11) is 0. The molecule has 2 aromatic heterocycles. The largest absolute Gasteiger partial charge is 0.480 e. The van der Waals surface area contributed by atoms with Gasteiger partial charge < -0.3 is 15.4 Å². The van der Waals surface area contributed by atoms with Crippen LogP contribution in [0, 0.1) is 0 Å². The Hall–Kier alpha value is -1.38. The molecule has 0 amide bonds. The molecule has 2 heterocycles. The number of carboxylic acids is 1. The fourth-order valence-corrected chi connectivity index (χ4v) is 2.61. The van der Waals surface area contributed by atoms with E-state index in [0.717, 1.165) is 5.56 Å². The van der Waals surface area contributed by atoms with Crippen molar-refractivity contribution in [2.45, 2.75) is 11.8 Å². The summed E-state index contributed by atoms with van der Waals surface area (Å²) < 4.78 is 5.10. The fourth-order valence-electron chi connectivity index (χ4n) is 1.16. The van der Waals surface area contributed by atoms with Gasteiger partial charge in [0.25, 0.3) is 5.89 Å². The van der Waals surface area contributed by atoms with Gasteiger partial charge >= 0.3 is 5.97 Å². The van der Waals surface area contributed by atoms with Crippen molar-refractivity contribution >= 4 is 29.1 Å². The zero-order valence-electron chi connectivity index (χ0n) is 9.28. The van der Waals surface area contributed by atoms with Gasteiger partial charge in [-0.3, -0.25) is 4.79 Å². The summed E-state index contributed by atoms with van der Waals surface area (Å²) in [4.78, 5) is 14.7. The molecule has 0 fully saturated rings. The molecule has 2 aromatic rings. The summed E-state index contributed by atoms with van der Waals surface area (Å²) in [5, 5.41) is 16.3. The molecule has 0 aromatic carbocycles. The van der Waals surface area contributed by atoms with Crippen LogP contribution in [0.5, 0.6) is 0 Å². The lowest BCUT2D eigenvalue weighted by molar-refractivity contribution is -0.137. The van der Waals surface area contributed by atoms with E-state index in [4.69, 9.17) is 15.4 Å². The van der Waals surface area contributed by atoms with Gasteiger partial charge in [0.15, 0.2) is 5.82 Å². The van der Waals surface area contributed by atoms with Gasteiger partial charge in [-0.25, -0.2) is 0 Å². The van der Waals surface area contributed by atoms with Gasteiger partial charge in [-0.1, -0.05) is 5.16 Å². The lowest BCUT2D eigenvalue weighted by atomic mass is 10.3. The molecule has 0 saturated heterocycles. The molecular formula is C10H11N3O3S2. The lowest BCUT2D eigenvalue weighted by Crippen LogP contribution is -2.32. The number of hydrogen-bond donors (Lipinski definition) is 2. The molecule has 8 heteroatoms. The Labute approximate surface area is 111 Å². The van der Waals surface area contributed by atoms with Crippen LogP contribution in [0.25, 0.3) is 11.5 Å². The summed E-state index contributed by atoms with van der Waals surface area (Å²) in [5.74, 6) is 0.814. The van der Waals surface area contributed by atoms with Crippen LogP contribution >= 0.6 is 23.1 Å². The van der Waals surface area contributed by atoms with Crippen LogP contribution in [-0.4, -0.2) is 33.0 Å². The van der Waals surface area contributed by atoms with Gasteiger partial charge in [0.1, 0.15) is 6.04 Å². The van der Waals surface area contributed by atoms with E-state index in [-0.39, 0.29) is 0 Å². The second-order valence-electron chi connectivity index (χ2n) is 3.49. The minimum absolute atomic E-state index is 0.317. The van der Waals surface area contributed by atoms with E-state index >= 15 is 0 Å². The normalized spacial score (nSPS) is 12.5. The number of hydrogen-bond acceptors (Lipinski definition) is 7. The molecular weight excluding hydrogens is 274 g/mol. The standard InChI is InChI=1S/C10H11N3O3S2/c11-7(10(14)15)4-18-5-8-12-9(16-13-8)6-1-2-17-3-6/h1-3,7H,4-5,11H2,(H,14,15). The smallest absolute Gasteiger partial charge is 0.321 e. The van der Waals surface area contributed by atoms with Crippen LogP contribution in [0.4, 0.5) is 0 Å². The van der Waals surface area contributed by atoms with Crippen molar-refractivity contribution in [2.24, 2.45) is 5.73 Å². The molecule has 0 bridgehead atoms. The van der Waals surface area contributed by atoms with Crippen molar-refractivity contribution < 1.29 is 14.4 Å². The number of rotatable bonds is 6. The van der Waals surface area contributed by atoms with Crippen LogP contribution < -0.4 is 5.73 Å². The van der Waals surface area contributed by atoms with E-state index in [1.807, 2.05) is 16.8 Å². The van der Waals surface area contributed by atoms with Gasteiger partial charge in [-0.15, -0.1) is 0 Å². The second-order valence-corrected chi connectivity index (χ2v) is 5.30. The van der Waals surface area contributed by atoms with Gasteiger partial charge in [-0.2, -0.15) is 28.1 Å². The zero-order valence-corrected chi connectivity index (χ0v) is 10.9. The Morgan fingerprint density at radius 3 is 3.17 bits per heavy atom. The number of aromatic nitrogens is 2. The molecule has 18 heavy (non-hydrogen) atoms. The van der Waals surface area contributed by atoms with E-state index in [1.54, 1.807) is 11.3 Å². The SMILES string of the molecule is NC(CSCc1noc(-c2ccsc2)n1)C(=O)O. The monoisotopic (exact) mass is 285 g/mol. The lowest BCUT2D eigenvalue weighted by Gasteiger charge is -2.03. The highest BCUT2D eigenvalue weighted by molar-refractivity contribution is 7.98. The number of thioether (sulfide) groups is 1. The molecule has 2 rings (SSSR count). The van der Waals surface area contributed by atoms with E-state index in [9.17, 15) is 4.79 Å². The summed E-state index contributed by atoms with van der Waals surface area (Å²) in [6, 6.07) is 1.04.